The van der Waals surface area contributed by atoms with Gasteiger partial charge >= 0.3 is 6.18 Å². The fourth-order valence-electron chi connectivity index (χ4n) is 9.70. The van der Waals surface area contributed by atoms with Crippen molar-refractivity contribution in [3.63, 3.8) is 0 Å². The lowest BCUT2D eigenvalue weighted by atomic mass is 9.95. The van der Waals surface area contributed by atoms with Crippen LogP contribution >= 0.6 is 0 Å². The Morgan fingerprint density at radius 2 is 0.873 bits per heavy atom. The molecule has 8 aromatic carbocycles. The SMILES string of the molecule is Fc1c(F)c(F)c(-c2ccc(-n3c4ccccc4c4cc(-c5nccc(-c6ccccc6)n5)ccc43)c(C(F)(F)F)c2-n2c3ccccc3c3cc(-c4cccc(-c5ccccc5)n4)ccc32)c(F)c1F. The van der Waals surface area contributed by atoms with E-state index in [0.29, 0.717) is 66.6 Å². The average Bonchev–Trinajstić information content (AvgIpc) is 3.92. The summed E-state index contributed by atoms with van der Waals surface area (Å²) < 4.78 is 130. The smallest absolute Gasteiger partial charge is 0.309 e. The molecule has 0 radical (unpaired) electrons. The first-order valence-corrected chi connectivity index (χ1v) is 22.2. The van der Waals surface area contributed by atoms with E-state index in [-0.39, 0.29) is 11.0 Å². The Kier molecular flexibility index (Phi) is 10.1. The van der Waals surface area contributed by atoms with E-state index in [0.717, 1.165) is 23.3 Å². The molecule has 4 aromatic heterocycles. The molecule has 0 N–H and O–H groups in total. The predicted octanol–water partition coefficient (Wildman–Crippen LogP) is 16.1. The maximum atomic E-state index is 16.7. The molecule has 0 aliphatic rings. The van der Waals surface area contributed by atoms with E-state index >= 15 is 30.7 Å². The number of para-hydroxylation sites is 2. The van der Waals surface area contributed by atoms with Gasteiger partial charge in [0.05, 0.1) is 56.1 Å². The van der Waals surface area contributed by atoms with E-state index in [4.69, 9.17) is 9.97 Å². The van der Waals surface area contributed by atoms with Crippen molar-refractivity contribution in [2.24, 2.45) is 0 Å². The van der Waals surface area contributed by atoms with Gasteiger partial charge in [0.1, 0.15) is 5.56 Å². The summed E-state index contributed by atoms with van der Waals surface area (Å²) in [5, 5.41) is 1.94. The highest BCUT2D eigenvalue weighted by molar-refractivity contribution is 6.12. The number of hydrogen-bond acceptors (Lipinski definition) is 3. The van der Waals surface area contributed by atoms with Gasteiger partial charge in [-0.15, -0.1) is 0 Å². The molecular formula is C58H31F8N5. The zero-order valence-electron chi connectivity index (χ0n) is 36.7. The molecule has 71 heavy (non-hydrogen) atoms. The number of hydrogen-bond donors (Lipinski definition) is 0. The van der Waals surface area contributed by atoms with Crippen LogP contribution in [0.3, 0.4) is 0 Å². The molecule has 344 valence electrons. The third-order valence-corrected chi connectivity index (χ3v) is 12.8. The molecule has 0 unspecified atom stereocenters. The number of pyridine rings is 1. The van der Waals surface area contributed by atoms with Gasteiger partial charge in [0.25, 0.3) is 0 Å². The number of aromatic nitrogens is 5. The highest BCUT2D eigenvalue weighted by Gasteiger charge is 2.42. The largest absolute Gasteiger partial charge is 0.420 e. The normalized spacial score (nSPS) is 11.9. The second-order valence-electron chi connectivity index (χ2n) is 16.9. The van der Waals surface area contributed by atoms with Gasteiger partial charge in [0, 0.05) is 55.6 Å². The lowest BCUT2D eigenvalue weighted by molar-refractivity contribution is -0.137. The number of fused-ring (bicyclic) bond motifs is 6. The predicted molar refractivity (Wildman–Crippen MR) is 260 cm³/mol. The van der Waals surface area contributed by atoms with Crippen LogP contribution in [0.1, 0.15) is 5.56 Å². The van der Waals surface area contributed by atoms with E-state index in [2.05, 4.69) is 4.98 Å². The Morgan fingerprint density at radius 3 is 1.49 bits per heavy atom. The molecule has 0 spiro atoms. The first kappa shape index (κ1) is 43.3. The molecule has 5 nitrogen and oxygen atoms in total. The molecule has 0 aliphatic heterocycles. The third kappa shape index (κ3) is 7.02. The zero-order valence-corrected chi connectivity index (χ0v) is 36.7. The fraction of sp³-hybridized carbons (Fsp3) is 0.0172. The molecule has 0 amide bonds. The van der Waals surface area contributed by atoms with E-state index < -0.39 is 63.3 Å². The standard InChI is InChI=1S/C58H31F8N5/c59-51-49(52(60)54(62)55(63)53(51)61)38-24-27-48(70-44-20-9-7-16-36(44)40-31-35(23-26-46(40)70)57-67-29-28-43(69-57)33-14-5-2-6-15-33)50(58(64,65)66)56(38)71-45-21-10-8-17-37(45)39-30-34(22-25-47(39)71)42-19-11-18-41(68-42)32-12-3-1-4-13-32/h1-31H. The van der Waals surface area contributed by atoms with Crippen LogP contribution in [0.2, 0.25) is 0 Å². The highest BCUT2D eigenvalue weighted by atomic mass is 19.4. The Balaban J connectivity index is 1.15. The topological polar surface area (TPSA) is 48.5 Å². The van der Waals surface area contributed by atoms with Gasteiger partial charge in [0.2, 0.25) is 5.82 Å². The molecule has 12 rings (SSSR count). The van der Waals surface area contributed by atoms with Crippen LogP contribution in [0.15, 0.2) is 188 Å². The Hall–Kier alpha value is -8.97. The molecule has 13 heteroatoms. The minimum atomic E-state index is -5.34. The minimum Gasteiger partial charge on any atom is -0.309 e. The van der Waals surface area contributed by atoms with E-state index in [9.17, 15) is 4.39 Å². The van der Waals surface area contributed by atoms with E-state index in [1.54, 1.807) is 97.2 Å². The van der Waals surface area contributed by atoms with Gasteiger partial charge in [-0.3, -0.25) is 0 Å². The summed E-state index contributed by atoms with van der Waals surface area (Å²) in [6, 6.07) is 51.6. The number of rotatable bonds is 7. The van der Waals surface area contributed by atoms with Gasteiger partial charge in [-0.2, -0.15) is 13.2 Å². The summed E-state index contributed by atoms with van der Waals surface area (Å²) in [7, 11) is 0. The highest BCUT2D eigenvalue weighted by Crippen LogP contribution is 2.49. The van der Waals surface area contributed by atoms with Gasteiger partial charge < -0.3 is 9.13 Å². The van der Waals surface area contributed by atoms with Crippen molar-refractivity contribution in [3.8, 4) is 67.7 Å². The first-order chi connectivity index (χ1) is 34.5. The second-order valence-corrected chi connectivity index (χ2v) is 16.9. The second kappa shape index (κ2) is 16.6. The number of alkyl halides is 3. The maximum Gasteiger partial charge on any atom is 0.420 e. The van der Waals surface area contributed by atoms with Crippen LogP contribution in [0, 0.1) is 29.1 Å². The summed E-state index contributed by atoms with van der Waals surface area (Å²) in [6.45, 7) is 0. The molecule has 0 saturated heterocycles. The lowest BCUT2D eigenvalue weighted by Gasteiger charge is -2.25. The summed E-state index contributed by atoms with van der Waals surface area (Å²) in [4.78, 5) is 14.2. The Bertz CT molecular complexity index is 4080. The average molecular weight is 950 g/mol. The summed E-state index contributed by atoms with van der Waals surface area (Å²) in [5.41, 5.74) is 0.543. The third-order valence-electron chi connectivity index (χ3n) is 12.8. The summed E-state index contributed by atoms with van der Waals surface area (Å²) >= 11 is 0. The molecule has 0 aliphatic carbocycles. The minimum absolute atomic E-state index is 0.145. The van der Waals surface area contributed by atoms with Crippen LogP contribution in [-0.4, -0.2) is 24.1 Å². The monoisotopic (exact) mass is 949 g/mol. The van der Waals surface area contributed by atoms with E-state index in [1.165, 1.54) is 15.2 Å². The van der Waals surface area contributed by atoms with Gasteiger partial charge in [-0.1, -0.05) is 109 Å². The Labute approximate surface area is 398 Å². The maximum absolute atomic E-state index is 16.7. The number of nitrogens with zero attached hydrogens (tertiary/aromatic N) is 5. The molecule has 0 bridgehead atoms. The molecule has 0 fully saturated rings. The fourth-order valence-corrected chi connectivity index (χ4v) is 9.70. The van der Waals surface area contributed by atoms with Gasteiger partial charge in [-0.05, 0) is 72.8 Å². The summed E-state index contributed by atoms with van der Waals surface area (Å²) in [5.74, 6) is -11.3. The van der Waals surface area contributed by atoms with Crippen LogP contribution in [0.5, 0.6) is 0 Å². The van der Waals surface area contributed by atoms with E-state index in [1.807, 2.05) is 72.8 Å². The van der Waals surface area contributed by atoms with Crippen LogP contribution in [0.25, 0.3) is 111 Å². The lowest BCUT2D eigenvalue weighted by Crippen LogP contribution is -2.17. The van der Waals surface area contributed by atoms with Gasteiger partial charge in [-0.25, -0.2) is 36.9 Å². The zero-order chi connectivity index (χ0) is 48.7. The van der Waals surface area contributed by atoms with Crippen molar-refractivity contribution < 1.29 is 35.1 Å². The van der Waals surface area contributed by atoms with Crippen molar-refractivity contribution in [3.05, 3.63) is 223 Å². The van der Waals surface area contributed by atoms with Crippen LogP contribution < -0.4 is 0 Å². The number of benzene rings is 8. The quantitative estimate of drug-likeness (QED) is 0.0909. The van der Waals surface area contributed by atoms with Crippen molar-refractivity contribution in [1.82, 2.24) is 24.1 Å². The Morgan fingerprint density at radius 1 is 0.380 bits per heavy atom. The summed E-state index contributed by atoms with van der Waals surface area (Å²) in [6.07, 6.45) is -3.72. The van der Waals surface area contributed by atoms with Crippen molar-refractivity contribution >= 4 is 43.6 Å². The molecular weight excluding hydrogens is 919 g/mol. The van der Waals surface area contributed by atoms with Crippen LogP contribution in [-0.2, 0) is 6.18 Å². The molecule has 0 saturated carbocycles. The number of halogens is 8. The molecule has 0 atom stereocenters. The van der Waals surface area contributed by atoms with Crippen LogP contribution in [0.4, 0.5) is 35.1 Å². The van der Waals surface area contributed by atoms with Crippen molar-refractivity contribution in [2.45, 2.75) is 6.18 Å². The molecule has 12 aromatic rings. The van der Waals surface area contributed by atoms with Gasteiger partial charge in [0.15, 0.2) is 29.1 Å². The van der Waals surface area contributed by atoms with Crippen molar-refractivity contribution in [1.29, 1.82) is 0 Å². The first-order valence-electron chi connectivity index (χ1n) is 22.2. The molecule has 4 heterocycles. The van der Waals surface area contributed by atoms with Crippen molar-refractivity contribution in [2.75, 3.05) is 0 Å².